The molecule has 1 aromatic heterocycles. The van der Waals surface area contributed by atoms with Crippen molar-refractivity contribution in [2.24, 2.45) is 0 Å². The number of amides is 1. The molecule has 2 saturated heterocycles. The highest BCUT2D eigenvalue weighted by Crippen LogP contribution is 2.34. The number of likely N-dealkylation sites (tertiary alicyclic amines) is 1. The quantitative estimate of drug-likeness (QED) is 0.271. The minimum atomic E-state index is 0. The van der Waals surface area contributed by atoms with E-state index in [-0.39, 0.29) is 36.5 Å². The molecule has 2 N–H and O–H groups in total. The predicted molar refractivity (Wildman–Crippen MR) is 172 cm³/mol. The SMILES string of the molecule is Cc1cccc(C)c1C1CCN(Cc2c(C(=O)N3CCN(c4ccc(O)cc4)CC3)[nH]c3ccccc23)CC1.Cl.Cl. The molecule has 4 aromatic rings. The van der Waals surface area contributed by atoms with Crippen LogP contribution in [0.5, 0.6) is 5.75 Å². The molecule has 0 aliphatic carbocycles. The van der Waals surface area contributed by atoms with Crippen molar-refractivity contribution in [3.63, 3.8) is 0 Å². The molecule has 41 heavy (non-hydrogen) atoms. The van der Waals surface area contributed by atoms with Crippen molar-refractivity contribution in [2.75, 3.05) is 44.2 Å². The fourth-order valence-corrected chi connectivity index (χ4v) is 6.61. The topological polar surface area (TPSA) is 62.8 Å². The van der Waals surface area contributed by atoms with Crippen LogP contribution in [0.3, 0.4) is 0 Å². The van der Waals surface area contributed by atoms with Crippen molar-refractivity contribution in [3.05, 3.63) is 94.7 Å². The number of hydrogen-bond acceptors (Lipinski definition) is 4. The van der Waals surface area contributed by atoms with E-state index in [9.17, 15) is 9.90 Å². The number of H-pyrrole nitrogens is 1. The van der Waals surface area contributed by atoms with Crippen molar-refractivity contribution in [2.45, 2.75) is 39.2 Å². The van der Waals surface area contributed by atoms with E-state index in [4.69, 9.17) is 0 Å². The number of nitrogens with zero attached hydrogens (tertiary/aromatic N) is 3. The van der Waals surface area contributed by atoms with Crippen molar-refractivity contribution in [1.82, 2.24) is 14.8 Å². The lowest BCUT2D eigenvalue weighted by Crippen LogP contribution is -2.49. The molecule has 8 heteroatoms. The first-order chi connectivity index (χ1) is 19.0. The van der Waals surface area contributed by atoms with Crippen LogP contribution >= 0.6 is 24.8 Å². The molecule has 3 heterocycles. The van der Waals surface area contributed by atoms with Crippen LogP contribution in [0.15, 0.2) is 66.7 Å². The Kier molecular flexibility index (Phi) is 9.90. The fraction of sp³-hybridized carbons (Fsp3) is 0.364. The molecule has 0 saturated carbocycles. The van der Waals surface area contributed by atoms with Gasteiger partial charge in [0.25, 0.3) is 5.91 Å². The molecule has 0 bridgehead atoms. The van der Waals surface area contributed by atoms with Gasteiger partial charge in [-0.05, 0) is 92.7 Å². The average Bonchev–Trinajstić information content (AvgIpc) is 3.32. The highest BCUT2D eigenvalue weighted by Gasteiger charge is 2.29. The van der Waals surface area contributed by atoms with Gasteiger partial charge in [0.2, 0.25) is 0 Å². The number of anilines is 1. The number of hydrogen-bond donors (Lipinski definition) is 2. The molecule has 1 amide bonds. The van der Waals surface area contributed by atoms with Crippen LogP contribution in [0, 0.1) is 13.8 Å². The Hall–Kier alpha value is -3.19. The number of benzene rings is 3. The van der Waals surface area contributed by atoms with E-state index in [1.54, 1.807) is 12.1 Å². The molecule has 0 spiro atoms. The van der Waals surface area contributed by atoms with Gasteiger partial charge in [-0.2, -0.15) is 0 Å². The summed E-state index contributed by atoms with van der Waals surface area (Å²) >= 11 is 0. The zero-order valence-corrected chi connectivity index (χ0v) is 25.4. The zero-order chi connectivity index (χ0) is 26.9. The number of aromatic amines is 1. The van der Waals surface area contributed by atoms with Crippen LogP contribution in [0.2, 0.25) is 0 Å². The highest BCUT2D eigenvalue weighted by molar-refractivity contribution is 6.01. The molecule has 0 atom stereocenters. The summed E-state index contributed by atoms with van der Waals surface area (Å²) in [6.07, 6.45) is 2.30. The van der Waals surface area contributed by atoms with Gasteiger partial charge in [-0.15, -0.1) is 24.8 Å². The van der Waals surface area contributed by atoms with Crippen molar-refractivity contribution < 1.29 is 9.90 Å². The Labute approximate surface area is 255 Å². The maximum absolute atomic E-state index is 13.9. The van der Waals surface area contributed by atoms with Gasteiger partial charge in [-0.25, -0.2) is 0 Å². The summed E-state index contributed by atoms with van der Waals surface area (Å²) in [5.41, 5.74) is 8.33. The molecule has 6 rings (SSSR count). The number of carbonyl (C=O) groups excluding carboxylic acids is 1. The number of fused-ring (bicyclic) bond motifs is 1. The fourth-order valence-electron chi connectivity index (χ4n) is 6.61. The monoisotopic (exact) mass is 594 g/mol. The van der Waals surface area contributed by atoms with Crippen molar-refractivity contribution in [1.29, 1.82) is 0 Å². The van der Waals surface area contributed by atoms with Crippen LogP contribution in [0.25, 0.3) is 10.9 Å². The molecule has 6 nitrogen and oxygen atoms in total. The summed E-state index contributed by atoms with van der Waals surface area (Å²) in [5.74, 6) is 0.974. The van der Waals surface area contributed by atoms with Crippen LogP contribution in [-0.2, 0) is 6.54 Å². The molecular formula is C33H40Cl2N4O2. The maximum atomic E-state index is 13.9. The Morgan fingerprint density at radius 3 is 2.12 bits per heavy atom. The molecule has 0 radical (unpaired) electrons. The van der Waals surface area contributed by atoms with E-state index in [1.807, 2.05) is 23.1 Å². The summed E-state index contributed by atoms with van der Waals surface area (Å²) in [4.78, 5) is 24.1. The minimum absolute atomic E-state index is 0. The Balaban J connectivity index is 0.00000194. The first-order valence-corrected chi connectivity index (χ1v) is 14.2. The van der Waals surface area contributed by atoms with E-state index in [1.165, 1.54) is 16.7 Å². The normalized spacial score (nSPS) is 16.3. The van der Waals surface area contributed by atoms with Gasteiger partial charge in [0.05, 0.1) is 0 Å². The summed E-state index contributed by atoms with van der Waals surface area (Å²) in [5, 5.41) is 10.8. The lowest BCUT2D eigenvalue weighted by atomic mass is 9.84. The number of carbonyl (C=O) groups is 1. The summed E-state index contributed by atoms with van der Waals surface area (Å²) < 4.78 is 0. The lowest BCUT2D eigenvalue weighted by molar-refractivity contribution is 0.0739. The number of rotatable bonds is 5. The van der Waals surface area contributed by atoms with Gasteiger partial charge in [0, 0.05) is 54.9 Å². The van der Waals surface area contributed by atoms with Gasteiger partial charge in [0.1, 0.15) is 11.4 Å². The average molecular weight is 596 g/mol. The molecule has 2 aliphatic rings. The molecule has 2 fully saturated rings. The summed E-state index contributed by atoms with van der Waals surface area (Å²) in [7, 11) is 0. The third-order valence-corrected chi connectivity index (χ3v) is 8.73. The first kappa shape index (κ1) is 30.8. The Morgan fingerprint density at radius 2 is 1.46 bits per heavy atom. The third-order valence-electron chi connectivity index (χ3n) is 8.73. The lowest BCUT2D eigenvalue weighted by Gasteiger charge is -2.36. The second-order valence-electron chi connectivity index (χ2n) is 11.2. The van der Waals surface area contributed by atoms with Crippen LogP contribution in [-0.4, -0.2) is 65.1 Å². The molecule has 0 unspecified atom stereocenters. The number of halogens is 2. The van der Waals surface area contributed by atoms with Gasteiger partial charge in [-0.3, -0.25) is 9.69 Å². The number of aryl methyl sites for hydroxylation is 2. The van der Waals surface area contributed by atoms with Gasteiger partial charge in [-0.1, -0.05) is 36.4 Å². The van der Waals surface area contributed by atoms with E-state index < -0.39 is 0 Å². The first-order valence-electron chi connectivity index (χ1n) is 14.2. The standard InChI is InChI=1S/C33H38N4O2.2ClH/c1-23-6-5-7-24(2)31(23)25-14-16-35(17-15-25)22-29-28-8-3-4-9-30(28)34-32(29)33(39)37-20-18-36(19-21-37)26-10-12-27(38)13-11-26;;/h3-13,25,34,38H,14-22H2,1-2H3;2*1H. The second-order valence-corrected chi connectivity index (χ2v) is 11.2. The number of para-hydroxylation sites is 1. The highest BCUT2D eigenvalue weighted by atomic mass is 35.5. The number of piperazine rings is 1. The number of phenols is 1. The number of aromatic hydroxyl groups is 1. The van der Waals surface area contributed by atoms with E-state index in [2.05, 4.69) is 65.0 Å². The predicted octanol–water partition coefficient (Wildman–Crippen LogP) is 6.68. The van der Waals surface area contributed by atoms with Crippen molar-refractivity contribution in [3.8, 4) is 5.75 Å². The number of aromatic nitrogens is 1. The number of piperidine rings is 1. The van der Waals surface area contributed by atoms with Crippen LogP contribution < -0.4 is 4.90 Å². The summed E-state index contributed by atoms with van der Waals surface area (Å²) in [6.45, 7) is 10.2. The molecular weight excluding hydrogens is 555 g/mol. The Morgan fingerprint density at radius 1 is 0.829 bits per heavy atom. The van der Waals surface area contributed by atoms with E-state index >= 15 is 0 Å². The van der Waals surface area contributed by atoms with Gasteiger partial charge >= 0.3 is 0 Å². The minimum Gasteiger partial charge on any atom is -0.508 e. The maximum Gasteiger partial charge on any atom is 0.270 e. The molecule has 2 aliphatic heterocycles. The van der Waals surface area contributed by atoms with E-state index in [0.29, 0.717) is 19.0 Å². The van der Waals surface area contributed by atoms with E-state index in [0.717, 1.165) is 73.4 Å². The van der Waals surface area contributed by atoms with Gasteiger partial charge in [0.15, 0.2) is 0 Å². The van der Waals surface area contributed by atoms with Gasteiger partial charge < -0.3 is 19.9 Å². The third kappa shape index (κ3) is 6.35. The molecule has 218 valence electrons. The Bertz CT molecular complexity index is 1450. The van der Waals surface area contributed by atoms with Crippen LogP contribution in [0.4, 0.5) is 5.69 Å². The summed E-state index contributed by atoms with van der Waals surface area (Å²) in [6, 6.07) is 22.3. The number of phenolic OH excluding ortho intramolecular Hbond substituents is 1. The number of nitrogens with one attached hydrogen (secondary N) is 1. The second kappa shape index (κ2) is 13.2. The molecule has 3 aromatic carbocycles. The zero-order valence-electron chi connectivity index (χ0n) is 23.8. The van der Waals surface area contributed by atoms with Crippen molar-refractivity contribution >= 4 is 47.3 Å². The van der Waals surface area contributed by atoms with Crippen LogP contribution in [0.1, 0.15) is 51.5 Å². The smallest absolute Gasteiger partial charge is 0.270 e. The largest absolute Gasteiger partial charge is 0.508 e.